The van der Waals surface area contributed by atoms with Crippen LogP contribution in [0, 0.1) is 0 Å². The molecule has 1 aliphatic rings. The van der Waals surface area contributed by atoms with E-state index in [1.165, 1.54) is 0 Å². The third-order valence-corrected chi connectivity index (χ3v) is 3.91. The van der Waals surface area contributed by atoms with E-state index in [9.17, 15) is 9.90 Å². The topological polar surface area (TPSA) is 87.1 Å². The Balaban J connectivity index is 1.93. The fraction of sp³-hybridized carbons (Fsp3) is 0.643. The number of carbonyl (C=O) groups excluding carboxylic acids is 1. The summed E-state index contributed by atoms with van der Waals surface area (Å²) in [5, 5.41) is 15.0. The van der Waals surface area contributed by atoms with Gasteiger partial charge in [0.15, 0.2) is 0 Å². The Morgan fingerprint density at radius 1 is 1.35 bits per heavy atom. The van der Waals surface area contributed by atoms with Crippen LogP contribution < -0.4 is 10.6 Å². The van der Waals surface area contributed by atoms with E-state index in [0.717, 1.165) is 18.7 Å². The van der Waals surface area contributed by atoms with Gasteiger partial charge in [0, 0.05) is 5.92 Å². The van der Waals surface area contributed by atoms with Gasteiger partial charge in [-0.2, -0.15) is 0 Å². The average Bonchev–Trinajstić information content (AvgIpc) is 3.30. The Labute approximate surface area is 119 Å². The van der Waals surface area contributed by atoms with Gasteiger partial charge in [0.05, 0.1) is 30.2 Å². The maximum atomic E-state index is 11.9. The van der Waals surface area contributed by atoms with Crippen LogP contribution in [-0.2, 0) is 0 Å². The Bertz CT molecular complexity index is 444. The molecule has 0 aromatic carbocycles. The molecule has 0 atom stereocenters. The number of anilines is 1. The predicted molar refractivity (Wildman–Crippen MR) is 76.6 cm³/mol. The number of nitrogens with one attached hydrogen (secondary N) is 2. The Kier molecular flexibility index (Phi) is 4.54. The first-order chi connectivity index (χ1) is 9.62. The highest BCUT2D eigenvalue weighted by Crippen LogP contribution is 2.37. The SMILES string of the molecule is CCC(CC)(CO)NC(=O)Nc1cnc(C2CC2)nc1. The number of hydrogen-bond acceptors (Lipinski definition) is 4. The highest BCUT2D eigenvalue weighted by atomic mass is 16.3. The van der Waals surface area contributed by atoms with E-state index in [-0.39, 0.29) is 12.6 Å². The van der Waals surface area contributed by atoms with Crippen molar-refractivity contribution < 1.29 is 9.90 Å². The van der Waals surface area contributed by atoms with Crippen molar-refractivity contribution in [1.29, 1.82) is 0 Å². The zero-order valence-corrected chi connectivity index (χ0v) is 12.0. The lowest BCUT2D eigenvalue weighted by Crippen LogP contribution is -2.52. The normalized spacial score (nSPS) is 14.9. The second kappa shape index (κ2) is 6.17. The van der Waals surface area contributed by atoms with E-state index < -0.39 is 5.54 Å². The quantitative estimate of drug-likeness (QED) is 0.743. The number of amides is 2. The molecule has 6 nitrogen and oxygen atoms in total. The third-order valence-electron chi connectivity index (χ3n) is 3.91. The van der Waals surface area contributed by atoms with Crippen LogP contribution in [0.2, 0.25) is 0 Å². The summed E-state index contributed by atoms with van der Waals surface area (Å²) in [6.07, 6.45) is 6.89. The number of urea groups is 1. The van der Waals surface area contributed by atoms with Crippen LogP contribution in [0.15, 0.2) is 12.4 Å². The van der Waals surface area contributed by atoms with Gasteiger partial charge in [-0.3, -0.25) is 0 Å². The molecule has 110 valence electrons. The minimum Gasteiger partial charge on any atom is -0.394 e. The van der Waals surface area contributed by atoms with Crippen LogP contribution in [0.5, 0.6) is 0 Å². The second-order valence-corrected chi connectivity index (χ2v) is 5.33. The molecule has 0 bridgehead atoms. The number of rotatable bonds is 6. The first-order valence-electron chi connectivity index (χ1n) is 7.14. The van der Waals surface area contributed by atoms with E-state index in [1.807, 2.05) is 13.8 Å². The average molecular weight is 278 g/mol. The van der Waals surface area contributed by atoms with E-state index in [1.54, 1.807) is 12.4 Å². The number of aliphatic hydroxyl groups is 1. The monoisotopic (exact) mass is 278 g/mol. The van der Waals surface area contributed by atoms with Crippen molar-refractivity contribution in [3.8, 4) is 0 Å². The van der Waals surface area contributed by atoms with Gasteiger partial charge in [0.2, 0.25) is 0 Å². The molecule has 1 saturated carbocycles. The molecule has 6 heteroatoms. The molecule has 3 N–H and O–H groups in total. The van der Waals surface area contributed by atoms with Crippen molar-refractivity contribution in [2.45, 2.75) is 51.0 Å². The highest BCUT2D eigenvalue weighted by Gasteiger charge is 2.28. The molecule has 1 aliphatic carbocycles. The summed E-state index contributed by atoms with van der Waals surface area (Å²) in [4.78, 5) is 20.4. The van der Waals surface area contributed by atoms with Crippen LogP contribution >= 0.6 is 0 Å². The third kappa shape index (κ3) is 3.45. The summed E-state index contributed by atoms with van der Waals surface area (Å²) in [5.41, 5.74) is -0.00948. The molecule has 0 unspecified atom stereocenters. The predicted octanol–water partition coefficient (Wildman–Crippen LogP) is 2.03. The molecule has 1 heterocycles. The molecule has 1 fully saturated rings. The number of carbonyl (C=O) groups is 1. The number of aromatic nitrogens is 2. The van der Waals surface area contributed by atoms with Gasteiger partial charge in [0.1, 0.15) is 5.82 Å². The lowest BCUT2D eigenvalue weighted by Gasteiger charge is -2.30. The molecule has 2 rings (SSSR count). The van der Waals surface area contributed by atoms with E-state index in [4.69, 9.17) is 0 Å². The summed E-state index contributed by atoms with van der Waals surface area (Å²) in [5.74, 6) is 1.35. The van der Waals surface area contributed by atoms with Gasteiger partial charge >= 0.3 is 6.03 Å². The van der Waals surface area contributed by atoms with E-state index in [0.29, 0.717) is 24.4 Å². The van der Waals surface area contributed by atoms with E-state index in [2.05, 4.69) is 20.6 Å². The van der Waals surface area contributed by atoms with Crippen molar-refractivity contribution >= 4 is 11.7 Å². The first-order valence-corrected chi connectivity index (χ1v) is 7.14. The molecule has 1 aromatic heterocycles. The van der Waals surface area contributed by atoms with Crippen molar-refractivity contribution in [3.05, 3.63) is 18.2 Å². The maximum Gasteiger partial charge on any atom is 0.319 e. The van der Waals surface area contributed by atoms with Crippen molar-refractivity contribution in [2.24, 2.45) is 0 Å². The summed E-state index contributed by atoms with van der Waals surface area (Å²) in [6, 6.07) is -0.342. The van der Waals surface area contributed by atoms with Gasteiger partial charge in [-0.1, -0.05) is 13.8 Å². The van der Waals surface area contributed by atoms with Gasteiger partial charge < -0.3 is 15.7 Å². The van der Waals surface area contributed by atoms with Gasteiger partial charge in [0.25, 0.3) is 0 Å². The molecule has 0 spiro atoms. The smallest absolute Gasteiger partial charge is 0.319 e. The Morgan fingerprint density at radius 2 is 1.95 bits per heavy atom. The maximum absolute atomic E-state index is 11.9. The summed E-state index contributed by atoms with van der Waals surface area (Å²) in [7, 11) is 0. The molecular formula is C14H22N4O2. The van der Waals surface area contributed by atoms with Crippen molar-refractivity contribution in [3.63, 3.8) is 0 Å². The Hall–Kier alpha value is -1.69. The van der Waals surface area contributed by atoms with Gasteiger partial charge in [-0.05, 0) is 25.7 Å². The minimum absolute atomic E-state index is 0.0788. The minimum atomic E-state index is -0.571. The standard InChI is InChI=1S/C14H22N4O2/c1-3-14(4-2,9-19)18-13(20)17-11-7-15-12(16-8-11)10-5-6-10/h7-8,10,19H,3-6,9H2,1-2H3,(H2,17,18,20). The van der Waals surface area contributed by atoms with Crippen LogP contribution in [0.25, 0.3) is 0 Å². The van der Waals surface area contributed by atoms with Crippen LogP contribution in [0.3, 0.4) is 0 Å². The number of hydrogen-bond donors (Lipinski definition) is 3. The molecule has 20 heavy (non-hydrogen) atoms. The Morgan fingerprint density at radius 3 is 2.40 bits per heavy atom. The van der Waals surface area contributed by atoms with Crippen molar-refractivity contribution in [2.75, 3.05) is 11.9 Å². The van der Waals surface area contributed by atoms with Gasteiger partial charge in [-0.25, -0.2) is 14.8 Å². The van der Waals surface area contributed by atoms with Crippen LogP contribution in [0.4, 0.5) is 10.5 Å². The zero-order chi connectivity index (χ0) is 14.6. The number of aliphatic hydroxyl groups excluding tert-OH is 1. The molecule has 0 radical (unpaired) electrons. The lowest BCUT2D eigenvalue weighted by atomic mass is 9.94. The molecule has 0 saturated heterocycles. The summed E-state index contributed by atoms with van der Waals surface area (Å²) in [6.45, 7) is 3.80. The fourth-order valence-corrected chi connectivity index (χ4v) is 2.05. The summed E-state index contributed by atoms with van der Waals surface area (Å²) >= 11 is 0. The molecule has 1 aromatic rings. The first kappa shape index (κ1) is 14.7. The second-order valence-electron chi connectivity index (χ2n) is 5.33. The van der Waals surface area contributed by atoms with Crippen LogP contribution in [-0.4, -0.2) is 33.3 Å². The molecule has 0 aliphatic heterocycles. The molecule has 2 amide bonds. The fourth-order valence-electron chi connectivity index (χ4n) is 2.05. The lowest BCUT2D eigenvalue weighted by molar-refractivity contribution is 0.155. The zero-order valence-electron chi connectivity index (χ0n) is 12.0. The molecular weight excluding hydrogens is 256 g/mol. The number of nitrogens with zero attached hydrogens (tertiary/aromatic N) is 2. The van der Waals surface area contributed by atoms with Gasteiger partial charge in [-0.15, -0.1) is 0 Å². The van der Waals surface area contributed by atoms with Crippen molar-refractivity contribution in [1.82, 2.24) is 15.3 Å². The largest absolute Gasteiger partial charge is 0.394 e. The summed E-state index contributed by atoms with van der Waals surface area (Å²) < 4.78 is 0. The van der Waals surface area contributed by atoms with E-state index >= 15 is 0 Å². The van der Waals surface area contributed by atoms with Crippen LogP contribution in [0.1, 0.15) is 51.3 Å². The highest BCUT2D eigenvalue weighted by molar-refractivity contribution is 5.89.